The third-order valence-electron chi connectivity index (χ3n) is 3.79. The van der Waals surface area contributed by atoms with Gasteiger partial charge in [0.15, 0.2) is 11.5 Å². The van der Waals surface area contributed by atoms with Crippen LogP contribution in [0.2, 0.25) is 0 Å². The van der Waals surface area contributed by atoms with Crippen molar-refractivity contribution in [1.29, 1.82) is 0 Å². The Morgan fingerprint density at radius 3 is 2.74 bits per heavy atom. The van der Waals surface area contributed by atoms with Crippen LogP contribution < -0.4 is 14.8 Å². The smallest absolute Gasteiger partial charge is 0.263 e. The number of piperidine rings is 1. The summed E-state index contributed by atoms with van der Waals surface area (Å²) in [5.41, 5.74) is 0.880. The van der Waals surface area contributed by atoms with E-state index >= 15 is 0 Å². The number of hydrogen-bond acceptors (Lipinski definition) is 3. The molecule has 1 fully saturated rings. The molecule has 2 heterocycles. The van der Waals surface area contributed by atoms with Crippen LogP contribution in [0.1, 0.15) is 30.4 Å². The van der Waals surface area contributed by atoms with Gasteiger partial charge in [0, 0.05) is 5.56 Å². The van der Waals surface area contributed by atoms with Crippen LogP contribution >= 0.6 is 0 Å². The lowest BCUT2D eigenvalue weighted by Gasteiger charge is -2.23. The number of halogens is 2. The van der Waals surface area contributed by atoms with Crippen molar-refractivity contribution in [2.45, 2.75) is 25.7 Å². The Balaban J connectivity index is 1.86. The molecule has 104 valence electrons. The number of hydrogen-bond donors (Lipinski definition) is 1. The molecule has 0 unspecified atom stereocenters. The quantitative estimate of drug-likeness (QED) is 0.915. The van der Waals surface area contributed by atoms with E-state index < -0.39 is 6.43 Å². The molecule has 1 N–H and O–H groups in total. The lowest BCUT2D eigenvalue weighted by molar-refractivity contribution is 0.150. The predicted octanol–water partition coefficient (Wildman–Crippen LogP) is 2.90. The minimum Gasteiger partial charge on any atom is -0.454 e. The zero-order valence-corrected chi connectivity index (χ0v) is 10.6. The molecule has 0 spiro atoms. The van der Waals surface area contributed by atoms with Gasteiger partial charge in [0.05, 0.1) is 0 Å². The second kappa shape index (κ2) is 5.33. The first-order chi connectivity index (χ1) is 9.24. The van der Waals surface area contributed by atoms with Crippen molar-refractivity contribution in [2.24, 2.45) is 5.92 Å². The maximum Gasteiger partial charge on any atom is 0.263 e. The maximum atomic E-state index is 12.9. The van der Waals surface area contributed by atoms with E-state index in [1.807, 2.05) is 0 Å². The molecule has 2 aliphatic rings. The van der Waals surface area contributed by atoms with Crippen molar-refractivity contribution in [3.63, 3.8) is 0 Å². The highest BCUT2D eigenvalue weighted by Gasteiger charge is 2.24. The van der Waals surface area contributed by atoms with E-state index in [-0.39, 0.29) is 12.4 Å². The van der Waals surface area contributed by atoms with Crippen molar-refractivity contribution in [3.05, 3.63) is 23.3 Å². The Morgan fingerprint density at radius 1 is 1.21 bits per heavy atom. The van der Waals surface area contributed by atoms with Crippen molar-refractivity contribution in [1.82, 2.24) is 5.32 Å². The molecule has 1 aromatic rings. The van der Waals surface area contributed by atoms with Gasteiger partial charge >= 0.3 is 0 Å². The Labute approximate surface area is 110 Å². The molecule has 1 saturated heterocycles. The lowest BCUT2D eigenvalue weighted by atomic mass is 9.90. The zero-order valence-electron chi connectivity index (χ0n) is 10.6. The second-order valence-electron chi connectivity index (χ2n) is 5.11. The summed E-state index contributed by atoms with van der Waals surface area (Å²) < 4.78 is 36.4. The van der Waals surface area contributed by atoms with E-state index in [0.29, 0.717) is 17.4 Å². The van der Waals surface area contributed by atoms with Crippen LogP contribution in [0, 0.1) is 5.92 Å². The van der Waals surface area contributed by atoms with Crippen LogP contribution in [0.25, 0.3) is 0 Å². The Bertz CT molecular complexity index is 459. The van der Waals surface area contributed by atoms with E-state index in [9.17, 15) is 8.78 Å². The highest BCUT2D eigenvalue weighted by Crippen LogP contribution is 2.40. The molecule has 0 amide bonds. The van der Waals surface area contributed by atoms with Gasteiger partial charge in [0.1, 0.15) is 0 Å². The van der Waals surface area contributed by atoms with Crippen LogP contribution in [-0.2, 0) is 6.42 Å². The van der Waals surface area contributed by atoms with Crippen LogP contribution in [0.5, 0.6) is 11.5 Å². The van der Waals surface area contributed by atoms with Gasteiger partial charge in [0.25, 0.3) is 6.43 Å². The summed E-state index contributed by atoms with van der Waals surface area (Å²) in [5, 5.41) is 3.31. The molecule has 0 atom stereocenters. The SMILES string of the molecule is FC(F)c1cc(CC2CCNCC2)c2c(c1)OCO2. The molecular formula is C14H17F2NO2. The molecule has 3 nitrogen and oxygen atoms in total. The van der Waals surface area contributed by atoms with Gasteiger partial charge in [-0.15, -0.1) is 0 Å². The zero-order chi connectivity index (χ0) is 13.2. The number of ether oxygens (including phenoxy) is 2. The molecule has 0 bridgehead atoms. The molecule has 0 saturated carbocycles. The van der Waals surface area contributed by atoms with Gasteiger partial charge in [-0.05, 0) is 56.0 Å². The van der Waals surface area contributed by atoms with E-state index in [1.54, 1.807) is 6.07 Å². The Morgan fingerprint density at radius 2 is 2.00 bits per heavy atom. The minimum absolute atomic E-state index is 0.0215. The van der Waals surface area contributed by atoms with Gasteiger partial charge in [-0.25, -0.2) is 8.78 Å². The third-order valence-corrected chi connectivity index (χ3v) is 3.79. The fourth-order valence-corrected chi connectivity index (χ4v) is 2.78. The Kier molecular flexibility index (Phi) is 3.55. The molecule has 0 radical (unpaired) electrons. The number of fused-ring (bicyclic) bond motifs is 1. The second-order valence-corrected chi connectivity index (χ2v) is 5.11. The number of nitrogens with one attached hydrogen (secondary N) is 1. The number of alkyl halides is 2. The van der Waals surface area contributed by atoms with Gasteiger partial charge in [-0.2, -0.15) is 0 Å². The summed E-state index contributed by atoms with van der Waals surface area (Å²) >= 11 is 0. The Hall–Kier alpha value is -1.36. The van der Waals surface area contributed by atoms with E-state index in [4.69, 9.17) is 9.47 Å². The summed E-state index contributed by atoms with van der Waals surface area (Å²) in [6.45, 7) is 2.12. The maximum absolute atomic E-state index is 12.9. The summed E-state index contributed by atoms with van der Waals surface area (Å²) in [6, 6.07) is 2.96. The largest absolute Gasteiger partial charge is 0.454 e. The van der Waals surface area contributed by atoms with Gasteiger partial charge in [-0.1, -0.05) is 0 Å². The molecule has 3 rings (SSSR count). The van der Waals surface area contributed by atoms with Crippen molar-refractivity contribution in [2.75, 3.05) is 19.9 Å². The minimum atomic E-state index is -2.47. The summed E-state index contributed by atoms with van der Waals surface area (Å²) in [7, 11) is 0. The fourth-order valence-electron chi connectivity index (χ4n) is 2.78. The monoisotopic (exact) mass is 269 g/mol. The van der Waals surface area contributed by atoms with Crippen LogP contribution in [0.3, 0.4) is 0 Å². The first-order valence-corrected chi connectivity index (χ1v) is 6.65. The topological polar surface area (TPSA) is 30.5 Å². The highest BCUT2D eigenvalue weighted by atomic mass is 19.3. The molecule has 0 aliphatic carbocycles. The summed E-state index contributed by atoms with van der Waals surface area (Å²) in [6.07, 6.45) is 0.470. The van der Waals surface area contributed by atoms with E-state index in [0.717, 1.165) is 37.9 Å². The molecular weight excluding hydrogens is 252 g/mol. The average Bonchev–Trinajstić information content (AvgIpc) is 2.88. The predicted molar refractivity (Wildman–Crippen MR) is 66.8 cm³/mol. The molecule has 0 aromatic heterocycles. The molecule has 19 heavy (non-hydrogen) atoms. The fraction of sp³-hybridized carbons (Fsp3) is 0.571. The van der Waals surface area contributed by atoms with Crippen molar-refractivity contribution in [3.8, 4) is 11.5 Å². The number of benzene rings is 1. The normalized spacial score (nSPS) is 19.1. The van der Waals surface area contributed by atoms with E-state index in [2.05, 4.69) is 5.32 Å². The lowest BCUT2D eigenvalue weighted by Crippen LogP contribution is -2.28. The molecule has 1 aromatic carbocycles. The first kappa shape index (κ1) is 12.7. The summed E-state index contributed by atoms with van der Waals surface area (Å²) in [4.78, 5) is 0. The molecule has 5 heteroatoms. The highest BCUT2D eigenvalue weighted by molar-refractivity contribution is 5.51. The van der Waals surface area contributed by atoms with Gasteiger partial charge in [0.2, 0.25) is 6.79 Å². The third kappa shape index (κ3) is 2.66. The van der Waals surface area contributed by atoms with Crippen molar-refractivity contribution >= 4 is 0 Å². The van der Waals surface area contributed by atoms with Gasteiger partial charge in [-0.3, -0.25) is 0 Å². The average molecular weight is 269 g/mol. The summed E-state index contributed by atoms with van der Waals surface area (Å²) in [5.74, 6) is 1.65. The standard InChI is InChI=1S/C14H17F2NO2/c15-14(16)11-6-10(5-9-1-3-17-4-2-9)13-12(7-11)18-8-19-13/h6-7,9,14,17H,1-5,8H2. The van der Waals surface area contributed by atoms with Crippen LogP contribution in [-0.4, -0.2) is 19.9 Å². The van der Waals surface area contributed by atoms with E-state index in [1.165, 1.54) is 6.07 Å². The van der Waals surface area contributed by atoms with Crippen LogP contribution in [0.4, 0.5) is 8.78 Å². The first-order valence-electron chi connectivity index (χ1n) is 6.65. The molecule has 2 aliphatic heterocycles. The van der Waals surface area contributed by atoms with Gasteiger partial charge < -0.3 is 14.8 Å². The van der Waals surface area contributed by atoms with Crippen LogP contribution in [0.15, 0.2) is 12.1 Å². The van der Waals surface area contributed by atoms with Crippen molar-refractivity contribution < 1.29 is 18.3 Å². The number of rotatable bonds is 3.